The van der Waals surface area contributed by atoms with E-state index in [4.69, 9.17) is 5.11 Å². The number of carbonyl (C=O) groups excluding carboxylic acids is 1. The number of rotatable bonds is 4. The van der Waals surface area contributed by atoms with Gasteiger partial charge in [-0.05, 0) is 17.9 Å². The van der Waals surface area contributed by atoms with Gasteiger partial charge in [0.25, 0.3) is 0 Å². The molecular weight excluding hydrogens is 258 g/mol. The first-order valence-corrected chi connectivity index (χ1v) is 7.34. The van der Waals surface area contributed by atoms with Crippen LogP contribution >= 0.6 is 23.1 Å². The Kier molecular flexibility index (Phi) is 4.06. The van der Waals surface area contributed by atoms with Gasteiger partial charge in [-0.15, -0.1) is 23.1 Å². The van der Waals surface area contributed by atoms with Gasteiger partial charge in [0.2, 0.25) is 5.91 Å². The van der Waals surface area contributed by atoms with Crippen molar-refractivity contribution >= 4 is 35.0 Å². The summed E-state index contributed by atoms with van der Waals surface area (Å²) in [5.74, 6) is 0.0376. The van der Waals surface area contributed by atoms with Gasteiger partial charge in [0.15, 0.2) is 0 Å². The van der Waals surface area contributed by atoms with Crippen molar-refractivity contribution in [2.75, 3.05) is 11.6 Å². The van der Waals surface area contributed by atoms with Crippen molar-refractivity contribution in [3.8, 4) is 0 Å². The van der Waals surface area contributed by atoms with Gasteiger partial charge in [0.1, 0.15) is 6.04 Å². The van der Waals surface area contributed by atoms with E-state index in [9.17, 15) is 9.59 Å². The fraction of sp³-hybridized carbons (Fsp3) is 0.455. The summed E-state index contributed by atoms with van der Waals surface area (Å²) < 4.78 is 0. The first-order chi connectivity index (χ1) is 8.18. The van der Waals surface area contributed by atoms with Crippen LogP contribution in [-0.2, 0) is 16.0 Å². The first-order valence-electron chi connectivity index (χ1n) is 5.31. The van der Waals surface area contributed by atoms with Crippen LogP contribution in [0.1, 0.15) is 11.3 Å². The largest absolute Gasteiger partial charge is 0.480 e. The number of aliphatic carboxylic acids is 1. The SMILES string of the molecule is O=C(O)C1CSCN1C(=O)CCc1cccs1. The third kappa shape index (κ3) is 3.01. The van der Waals surface area contributed by atoms with Crippen molar-refractivity contribution in [2.45, 2.75) is 18.9 Å². The monoisotopic (exact) mass is 271 g/mol. The second-order valence-corrected chi connectivity index (χ2v) is 5.83. The van der Waals surface area contributed by atoms with Crippen LogP contribution in [-0.4, -0.2) is 39.6 Å². The predicted molar refractivity (Wildman–Crippen MR) is 68.2 cm³/mol. The third-order valence-corrected chi connectivity index (χ3v) is 4.60. The lowest BCUT2D eigenvalue weighted by Gasteiger charge is -2.20. The van der Waals surface area contributed by atoms with Gasteiger partial charge in [-0.25, -0.2) is 4.79 Å². The van der Waals surface area contributed by atoms with E-state index in [1.54, 1.807) is 11.3 Å². The van der Waals surface area contributed by atoms with Crippen LogP contribution in [0.25, 0.3) is 0 Å². The quantitative estimate of drug-likeness (QED) is 0.905. The summed E-state index contributed by atoms with van der Waals surface area (Å²) in [6.45, 7) is 0. The Morgan fingerprint density at radius 1 is 1.53 bits per heavy atom. The molecule has 1 N–H and O–H groups in total. The van der Waals surface area contributed by atoms with Crippen molar-refractivity contribution < 1.29 is 14.7 Å². The summed E-state index contributed by atoms with van der Waals surface area (Å²) in [5.41, 5.74) is 0. The smallest absolute Gasteiger partial charge is 0.327 e. The number of carboxylic acid groups (broad SMARTS) is 1. The lowest BCUT2D eigenvalue weighted by Crippen LogP contribution is -2.41. The van der Waals surface area contributed by atoms with Crippen molar-refractivity contribution in [3.05, 3.63) is 22.4 Å². The molecule has 1 atom stereocenters. The third-order valence-electron chi connectivity index (χ3n) is 2.65. The van der Waals surface area contributed by atoms with Crippen LogP contribution < -0.4 is 0 Å². The molecule has 1 aliphatic rings. The van der Waals surface area contributed by atoms with Gasteiger partial charge in [0.05, 0.1) is 5.88 Å². The standard InChI is InChI=1S/C11H13NO3S2/c13-10(4-3-8-2-1-5-17-8)12-7-16-6-9(12)11(14)15/h1-2,5,9H,3-4,6-7H2,(H,14,15). The lowest BCUT2D eigenvalue weighted by atomic mass is 10.2. The van der Waals surface area contributed by atoms with Gasteiger partial charge in [-0.1, -0.05) is 6.07 Å². The fourth-order valence-electron chi connectivity index (χ4n) is 1.72. The summed E-state index contributed by atoms with van der Waals surface area (Å²) >= 11 is 3.12. The molecule has 1 aromatic heterocycles. The number of aryl methyl sites for hydroxylation is 1. The number of hydrogen-bond acceptors (Lipinski definition) is 4. The van der Waals surface area contributed by atoms with Gasteiger partial charge in [-0.3, -0.25) is 4.79 Å². The summed E-state index contributed by atoms with van der Waals surface area (Å²) in [4.78, 5) is 25.5. The zero-order valence-corrected chi connectivity index (χ0v) is 10.8. The number of carbonyl (C=O) groups is 2. The van der Waals surface area contributed by atoms with E-state index in [-0.39, 0.29) is 5.91 Å². The Labute approximate surface area is 108 Å². The molecule has 1 aromatic rings. The molecule has 1 aliphatic heterocycles. The van der Waals surface area contributed by atoms with Crippen LogP contribution in [0.2, 0.25) is 0 Å². The summed E-state index contributed by atoms with van der Waals surface area (Å²) in [6, 6.07) is 3.30. The molecule has 0 spiro atoms. The highest BCUT2D eigenvalue weighted by Crippen LogP contribution is 2.22. The topological polar surface area (TPSA) is 57.6 Å². The first kappa shape index (κ1) is 12.4. The van der Waals surface area contributed by atoms with Gasteiger partial charge in [-0.2, -0.15) is 0 Å². The molecule has 1 fully saturated rings. The Morgan fingerprint density at radius 3 is 3.00 bits per heavy atom. The molecule has 0 aliphatic carbocycles. The molecule has 0 bridgehead atoms. The zero-order chi connectivity index (χ0) is 12.3. The number of amides is 1. The number of thiophene rings is 1. The van der Waals surface area contributed by atoms with Crippen molar-refractivity contribution in [2.24, 2.45) is 0 Å². The van der Waals surface area contributed by atoms with Crippen LogP contribution in [0.15, 0.2) is 17.5 Å². The van der Waals surface area contributed by atoms with Crippen LogP contribution in [0.4, 0.5) is 0 Å². The molecule has 2 rings (SSSR count). The summed E-state index contributed by atoms with van der Waals surface area (Å²) in [6.07, 6.45) is 1.09. The molecule has 6 heteroatoms. The van der Waals surface area contributed by atoms with Crippen LogP contribution in [0.3, 0.4) is 0 Å². The highest BCUT2D eigenvalue weighted by atomic mass is 32.2. The molecule has 2 heterocycles. The van der Waals surface area contributed by atoms with Crippen LogP contribution in [0.5, 0.6) is 0 Å². The minimum absolute atomic E-state index is 0.0594. The molecule has 0 radical (unpaired) electrons. The van der Waals surface area contributed by atoms with Crippen molar-refractivity contribution in [1.29, 1.82) is 0 Å². The number of hydrogen-bond donors (Lipinski definition) is 1. The van der Waals surface area contributed by atoms with E-state index in [1.807, 2.05) is 17.5 Å². The van der Waals surface area contributed by atoms with E-state index in [0.29, 0.717) is 24.5 Å². The molecular formula is C11H13NO3S2. The predicted octanol–water partition coefficient (Wildman–Crippen LogP) is 1.67. The maximum Gasteiger partial charge on any atom is 0.327 e. The highest BCUT2D eigenvalue weighted by Gasteiger charge is 2.33. The van der Waals surface area contributed by atoms with Crippen molar-refractivity contribution in [3.63, 3.8) is 0 Å². The van der Waals surface area contributed by atoms with Crippen molar-refractivity contribution in [1.82, 2.24) is 4.90 Å². The van der Waals surface area contributed by atoms with Crippen LogP contribution in [0, 0.1) is 0 Å². The zero-order valence-electron chi connectivity index (χ0n) is 9.17. The highest BCUT2D eigenvalue weighted by molar-refractivity contribution is 7.99. The minimum Gasteiger partial charge on any atom is -0.480 e. The average molecular weight is 271 g/mol. The summed E-state index contributed by atoms with van der Waals surface area (Å²) in [7, 11) is 0. The van der Waals surface area contributed by atoms with Gasteiger partial charge < -0.3 is 10.0 Å². The second-order valence-electron chi connectivity index (χ2n) is 3.80. The molecule has 1 unspecified atom stereocenters. The Hall–Kier alpha value is -1.01. The maximum absolute atomic E-state index is 11.9. The maximum atomic E-state index is 11.9. The van der Waals surface area contributed by atoms with Gasteiger partial charge >= 0.3 is 5.97 Å². The Morgan fingerprint density at radius 2 is 2.35 bits per heavy atom. The van der Waals surface area contributed by atoms with E-state index in [2.05, 4.69) is 0 Å². The van der Waals surface area contributed by atoms with E-state index >= 15 is 0 Å². The molecule has 4 nitrogen and oxygen atoms in total. The van der Waals surface area contributed by atoms with Gasteiger partial charge in [0, 0.05) is 17.1 Å². The molecule has 92 valence electrons. The number of nitrogens with zero attached hydrogens (tertiary/aromatic N) is 1. The molecule has 0 saturated carbocycles. The van der Waals surface area contributed by atoms with E-state index < -0.39 is 12.0 Å². The Bertz CT molecular complexity index is 405. The van der Waals surface area contributed by atoms with E-state index in [1.165, 1.54) is 16.7 Å². The Balaban J connectivity index is 1.89. The second kappa shape index (κ2) is 5.55. The normalized spacial score (nSPS) is 19.5. The fourth-order valence-corrected chi connectivity index (χ4v) is 3.60. The average Bonchev–Trinajstić information content (AvgIpc) is 2.96. The van der Waals surface area contributed by atoms with E-state index in [0.717, 1.165) is 4.88 Å². The summed E-state index contributed by atoms with van der Waals surface area (Å²) in [5, 5.41) is 11.0. The molecule has 0 aromatic carbocycles. The lowest BCUT2D eigenvalue weighted by molar-refractivity contribution is -0.147. The number of carboxylic acids is 1. The molecule has 1 amide bonds. The number of thioether (sulfide) groups is 1. The molecule has 17 heavy (non-hydrogen) atoms. The minimum atomic E-state index is -0.903. The molecule has 1 saturated heterocycles.